The molecule has 3 rings (SSSR count). The quantitative estimate of drug-likeness (QED) is 0.345. The predicted octanol–water partition coefficient (Wildman–Crippen LogP) is 8.05. The summed E-state index contributed by atoms with van der Waals surface area (Å²) in [5, 5.41) is -0.415. The Kier molecular flexibility index (Phi) is 8.88. The summed E-state index contributed by atoms with van der Waals surface area (Å²) in [5.74, 6) is -0.323. The van der Waals surface area contributed by atoms with E-state index in [9.17, 15) is 17.6 Å². The van der Waals surface area contributed by atoms with Gasteiger partial charge in [-0.2, -0.15) is 13.2 Å². The molecule has 0 spiro atoms. The molecule has 0 amide bonds. The monoisotopic (exact) mass is 480 g/mol. The number of hydrogen-bond donors (Lipinski definition) is 0. The van der Waals surface area contributed by atoms with Crippen LogP contribution in [0, 0.1) is 19.7 Å². The molecule has 1 aromatic heterocycles. The summed E-state index contributed by atoms with van der Waals surface area (Å²) in [5.41, 5.74) is 1.72. The molecule has 0 unspecified atom stereocenters. The average molecular weight is 481 g/mol. The molecule has 0 aliphatic rings. The third-order valence-corrected chi connectivity index (χ3v) is 5.18. The van der Waals surface area contributed by atoms with Crippen LogP contribution >= 0.6 is 11.6 Å². The number of ether oxygens (including phenoxy) is 1. The van der Waals surface area contributed by atoms with Gasteiger partial charge in [0.15, 0.2) is 0 Å². The van der Waals surface area contributed by atoms with Crippen molar-refractivity contribution < 1.29 is 22.3 Å². The normalized spacial score (nSPS) is 10.8. The second kappa shape index (κ2) is 11.2. The maximum atomic E-state index is 13.2. The molecule has 0 radical (unpaired) electrons. The third-order valence-electron chi connectivity index (χ3n) is 4.85. The molecule has 8 heteroatoms. The minimum Gasteiger partial charge on any atom is -0.438 e. The first-order valence-electron chi connectivity index (χ1n) is 10.1. The number of aryl methyl sites for hydroxylation is 2. The fraction of sp³-hybridized carbons (Fsp3) is 0.240. The van der Waals surface area contributed by atoms with Crippen LogP contribution in [0.5, 0.6) is 11.6 Å². The lowest BCUT2D eigenvalue weighted by Gasteiger charge is -2.15. The molecule has 0 aliphatic carbocycles. The van der Waals surface area contributed by atoms with Gasteiger partial charge in [-0.3, -0.25) is 0 Å². The van der Waals surface area contributed by atoms with Crippen molar-refractivity contribution in [1.82, 2.24) is 9.88 Å². The van der Waals surface area contributed by atoms with Crippen molar-refractivity contribution >= 4 is 11.6 Å². The summed E-state index contributed by atoms with van der Waals surface area (Å²) in [6.45, 7) is 10.3. The molecule has 3 aromatic rings. The molecule has 0 N–H and O–H groups in total. The Morgan fingerprint density at radius 3 is 2.24 bits per heavy atom. The summed E-state index contributed by atoms with van der Waals surface area (Å²) in [6, 6.07) is 10.8. The zero-order valence-electron chi connectivity index (χ0n) is 18.8. The SMILES string of the molecule is C=CN(C)CC.Cc1cc(-c2ccc(F)cc2)c(Oc2ccc(Cl)c(C(F)(F)F)c2)nc1C. The van der Waals surface area contributed by atoms with Gasteiger partial charge in [0.05, 0.1) is 10.6 Å². The van der Waals surface area contributed by atoms with Crippen LogP contribution in [0.1, 0.15) is 23.7 Å². The Balaban J connectivity index is 0.000000569. The van der Waals surface area contributed by atoms with E-state index < -0.39 is 22.6 Å². The van der Waals surface area contributed by atoms with Crippen molar-refractivity contribution in [3.05, 3.63) is 89.0 Å². The summed E-state index contributed by atoms with van der Waals surface area (Å²) in [7, 11) is 1.99. The predicted molar refractivity (Wildman–Crippen MR) is 124 cm³/mol. The third kappa shape index (κ3) is 7.22. The van der Waals surface area contributed by atoms with Gasteiger partial charge in [-0.25, -0.2) is 9.37 Å². The minimum atomic E-state index is -4.60. The first kappa shape index (κ1) is 26.2. The van der Waals surface area contributed by atoms with Gasteiger partial charge >= 0.3 is 6.18 Å². The molecule has 176 valence electrons. The second-order valence-electron chi connectivity index (χ2n) is 7.25. The molecular weight excluding hydrogens is 456 g/mol. The lowest BCUT2D eigenvalue weighted by Crippen LogP contribution is -2.06. The molecule has 33 heavy (non-hydrogen) atoms. The van der Waals surface area contributed by atoms with Gasteiger partial charge in [-0.1, -0.05) is 30.3 Å². The van der Waals surface area contributed by atoms with Crippen LogP contribution in [0.25, 0.3) is 11.1 Å². The highest BCUT2D eigenvalue weighted by Gasteiger charge is 2.33. The van der Waals surface area contributed by atoms with Crippen LogP contribution in [0.4, 0.5) is 17.6 Å². The van der Waals surface area contributed by atoms with E-state index in [4.69, 9.17) is 16.3 Å². The van der Waals surface area contributed by atoms with Gasteiger partial charge in [0, 0.05) is 24.8 Å². The van der Waals surface area contributed by atoms with Crippen molar-refractivity contribution in [2.75, 3.05) is 13.6 Å². The average Bonchev–Trinajstić information content (AvgIpc) is 2.77. The van der Waals surface area contributed by atoms with Gasteiger partial charge in [0.2, 0.25) is 5.88 Å². The number of aromatic nitrogens is 1. The number of alkyl halides is 3. The first-order valence-corrected chi connectivity index (χ1v) is 10.5. The Morgan fingerprint density at radius 1 is 1.09 bits per heavy atom. The van der Waals surface area contributed by atoms with Crippen LogP contribution in [-0.2, 0) is 6.18 Å². The zero-order valence-corrected chi connectivity index (χ0v) is 19.6. The molecule has 1 heterocycles. The van der Waals surface area contributed by atoms with Gasteiger partial charge in [0.25, 0.3) is 0 Å². The van der Waals surface area contributed by atoms with Crippen molar-refractivity contribution in [3.63, 3.8) is 0 Å². The van der Waals surface area contributed by atoms with Gasteiger partial charge in [-0.05, 0) is 74.5 Å². The standard InChI is InChI=1S/C20H14ClF4NO.C5H11N/c1-11-9-16(13-3-5-14(22)6-4-13)19(26-12(11)2)27-15-7-8-18(21)17(10-15)20(23,24)25;1-4-6(3)5-2/h3-10H,1-2H3;4H,1,5H2,2-3H3. The number of halogens is 5. The molecular formula is C25H25ClF4N2O. The van der Waals surface area contributed by atoms with Crippen molar-refractivity contribution in [1.29, 1.82) is 0 Å². The Bertz CT molecular complexity index is 1100. The molecule has 0 saturated heterocycles. The molecule has 2 aromatic carbocycles. The molecule has 0 bridgehead atoms. The van der Waals surface area contributed by atoms with E-state index in [1.807, 2.05) is 18.9 Å². The van der Waals surface area contributed by atoms with E-state index in [1.54, 1.807) is 31.3 Å². The highest BCUT2D eigenvalue weighted by atomic mass is 35.5. The summed E-state index contributed by atoms with van der Waals surface area (Å²) >= 11 is 5.65. The molecule has 0 fully saturated rings. The fourth-order valence-corrected chi connectivity index (χ4v) is 2.85. The number of hydrogen-bond acceptors (Lipinski definition) is 3. The topological polar surface area (TPSA) is 25.4 Å². The lowest BCUT2D eigenvalue weighted by molar-refractivity contribution is -0.137. The van der Waals surface area contributed by atoms with E-state index in [2.05, 4.69) is 18.5 Å². The van der Waals surface area contributed by atoms with Crippen LogP contribution < -0.4 is 4.74 Å². The maximum Gasteiger partial charge on any atom is 0.417 e. The number of pyridine rings is 1. The summed E-state index contributed by atoms with van der Waals surface area (Å²) in [6.07, 6.45) is -2.80. The molecule has 0 aliphatic heterocycles. The van der Waals surface area contributed by atoms with E-state index in [0.717, 1.165) is 24.2 Å². The molecule has 3 nitrogen and oxygen atoms in total. The number of benzene rings is 2. The smallest absolute Gasteiger partial charge is 0.417 e. The number of nitrogens with zero attached hydrogens (tertiary/aromatic N) is 2. The minimum absolute atomic E-state index is 0.0501. The van der Waals surface area contributed by atoms with Gasteiger partial charge in [0.1, 0.15) is 11.6 Å². The highest BCUT2D eigenvalue weighted by molar-refractivity contribution is 6.31. The fourth-order valence-electron chi connectivity index (χ4n) is 2.62. The van der Waals surface area contributed by atoms with E-state index in [0.29, 0.717) is 16.8 Å². The van der Waals surface area contributed by atoms with Crippen molar-refractivity contribution in [3.8, 4) is 22.8 Å². The second-order valence-corrected chi connectivity index (χ2v) is 7.65. The van der Waals surface area contributed by atoms with Gasteiger partial charge in [-0.15, -0.1) is 0 Å². The van der Waals surface area contributed by atoms with Gasteiger partial charge < -0.3 is 9.64 Å². The van der Waals surface area contributed by atoms with E-state index in [-0.39, 0.29) is 11.6 Å². The number of rotatable bonds is 5. The lowest BCUT2D eigenvalue weighted by atomic mass is 10.0. The summed E-state index contributed by atoms with van der Waals surface area (Å²) in [4.78, 5) is 6.36. The van der Waals surface area contributed by atoms with Crippen LogP contribution in [0.15, 0.2) is 61.3 Å². The van der Waals surface area contributed by atoms with Crippen LogP contribution in [0.2, 0.25) is 5.02 Å². The largest absolute Gasteiger partial charge is 0.438 e. The molecule has 0 saturated carbocycles. The van der Waals surface area contributed by atoms with Crippen LogP contribution in [0.3, 0.4) is 0 Å². The Labute approximate surface area is 196 Å². The Morgan fingerprint density at radius 2 is 1.73 bits per heavy atom. The van der Waals surface area contributed by atoms with E-state index >= 15 is 0 Å². The zero-order chi connectivity index (χ0) is 24.8. The van der Waals surface area contributed by atoms with Crippen molar-refractivity contribution in [2.24, 2.45) is 0 Å². The highest BCUT2D eigenvalue weighted by Crippen LogP contribution is 2.39. The summed E-state index contributed by atoms with van der Waals surface area (Å²) < 4.78 is 58.1. The molecule has 0 atom stereocenters. The van der Waals surface area contributed by atoms with Crippen LogP contribution in [-0.4, -0.2) is 23.5 Å². The van der Waals surface area contributed by atoms with E-state index in [1.165, 1.54) is 18.2 Å². The van der Waals surface area contributed by atoms with Crippen molar-refractivity contribution in [2.45, 2.75) is 26.9 Å². The first-order chi connectivity index (χ1) is 15.5. The Hall–Kier alpha value is -3.06. The maximum absolute atomic E-state index is 13.2.